The normalized spacial score (nSPS) is 12.1. The van der Waals surface area contributed by atoms with Crippen molar-refractivity contribution in [1.29, 1.82) is 0 Å². The second-order valence-electron chi connectivity index (χ2n) is 13.1. The summed E-state index contributed by atoms with van der Waals surface area (Å²) in [6.45, 7) is 8.87. The van der Waals surface area contributed by atoms with Gasteiger partial charge in [0.2, 0.25) is 5.91 Å². The predicted octanol–water partition coefficient (Wildman–Crippen LogP) is 6.23. The highest BCUT2D eigenvalue weighted by Crippen LogP contribution is 2.24. The van der Waals surface area contributed by atoms with E-state index in [1.165, 1.54) is 25.7 Å². The maximum Gasteiger partial charge on any atom is 0.251 e. The maximum atomic E-state index is 13.1. The molecular weight excluding hydrogens is 604 g/mol. The highest BCUT2D eigenvalue weighted by Gasteiger charge is 2.23. The molecule has 9 heteroatoms. The van der Waals surface area contributed by atoms with Crippen LogP contribution in [0.1, 0.15) is 81.3 Å². The molecule has 4 aromatic rings. The first kappa shape index (κ1) is 36.2. The summed E-state index contributed by atoms with van der Waals surface area (Å²) in [6, 6.07) is 21.8. The van der Waals surface area contributed by atoms with E-state index in [1.807, 2.05) is 60.7 Å². The Kier molecular flexibility index (Phi) is 13.2. The maximum absolute atomic E-state index is 13.1. The van der Waals surface area contributed by atoms with Crippen LogP contribution in [0.4, 0.5) is 0 Å². The number of aliphatic hydroxyl groups is 2. The number of nitrogens with zero attached hydrogens (tertiary/aromatic N) is 2. The summed E-state index contributed by atoms with van der Waals surface area (Å²) in [5, 5.41) is 23.8. The van der Waals surface area contributed by atoms with Gasteiger partial charge in [-0.2, -0.15) is 0 Å². The number of rotatable bonds is 16. The highest BCUT2D eigenvalue weighted by molar-refractivity contribution is 5.97. The van der Waals surface area contributed by atoms with E-state index in [2.05, 4.69) is 48.3 Å². The average Bonchev–Trinajstić information content (AvgIpc) is 3.08. The summed E-state index contributed by atoms with van der Waals surface area (Å²) in [4.78, 5) is 35.2. The zero-order valence-electron chi connectivity index (χ0n) is 28.4. The quantitative estimate of drug-likeness (QED) is 0.0834. The number of aromatic nitrogens is 2. The lowest BCUT2D eigenvalue weighted by atomic mass is 9.86. The number of aliphatic hydroxyl groups excluding tert-OH is 1. The van der Waals surface area contributed by atoms with Crippen LogP contribution in [0.5, 0.6) is 5.75 Å². The lowest BCUT2D eigenvalue weighted by Gasteiger charge is -2.21. The Morgan fingerprint density at radius 1 is 0.792 bits per heavy atom. The molecule has 0 aliphatic rings. The Labute approximate surface area is 283 Å². The fraction of sp³-hybridized carbons (Fsp3) is 0.385. The molecule has 2 amide bonds. The molecule has 48 heavy (non-hydrogen) atoms. The summed E-state index contributed by atoms with van der Waals surface area (Å²) >= 11 is 0. The number of benzene rings is 3. The standard InChI is InChI=1S/C39H48N4O5/c1-5-6-7-8-9-22-48-33-20-16-28(17-21-33)31-24-40-36(41-25-31)29-12-10-27(11-13-29)23-34(38(47)42-26-35(44)45)43-37(46)30-14-18-32(19-15-30)39(2,3)4/h10-21,24-25,34-35,44-45H,5-9,22-23,26H2,1-4H3,(H,42,47)(H,43,46)/t34-/m0/s1. The SMILES string of the molecule is CCCCCCCOc1ccc(-c2cnc(-c3ccc(C[C@H](NC(=O)c4ccc(C(C)(C)C)cc4)C(=O)NCC(O)O)cc3)nc2)cc1. The molecule has 0 fully saturated rings. The van der Waals surface area contributed by atoms with Gasteiger partial charge in [0.05, 0.1) is 13.2 Å². The van der Waals surface area contributed by atoms with Gasteiger partial charge in [0.1, 0.15) is 11.8 Å². The Morgan fingerprint density at radius 2 is 1.42 bits per heavy atom. The van der Waals surface area contributed by atoms with Crippen LogP contribution >= 0.6 is 0 Å². The van der Waals surface area contributed by atoms with Gasteiger partial charge < -0.3 is 25.6 Å². The van der Waals surface area contributed by atoms with Crippen LogP contribution < -0.4 is 15.4 Å². The highest BCUT2D eigenvalue weighted by atomic mass is 16.5. The number of ether oxygens (including phenoxy) is 1. The second-order valence-corrected chi connectivity index (χ2v) is 13.1. The molecule has 0 bridgehead atoms. The van der Waals surface area contributed by atoms with E-state index in [0.29, 0.717) is 11.4 Å². The lowest BCUT2D eigenvalue weighted by molar-refractivity contribution is -0.125. The minimum absolute atomic E-state index is 0.0590. The number of unbranched alkanes of at least 4 members (excludes halogenated alkanes) is 4. The van der Waals surface area contributed by atoms with E-state index in [9.17, 15) is 19.8 Å². The number of hydrogen-bond donors (Lipinski definition) is 4. The van der Waals surface area contributed by atoms with Gasteiger partial charge in [-0.05, 0) is 52.8 Å². The van der Waals surface area contributed by atoms with Crippen molar-refractivity contribution >= 4 is 11.8 Å². The van der Waals surface area contributed by atoms with E-state index in [1.54, 1.807) is 24.5 Å². The zero-order valence-corrected chi connectivity index (χ0v) is 28.4. The molecule has 4 N–H and O–H groups in total. The lowest BCUT2D eigenvalue weighted by Crippen LogP contribution is -2.49. The van der Waals surface area contributed by atoms with Gasteiger partial charge in [0.15, 0.2) is 12.1 Å². The van der Waals surface area contributed by atoms with Crippen LogP contribution in [0.25, 0.3) is 22.5 Å². The molecule has 1 atom stereocenters. The Balaban J connectivity index is 1.38. The number of carbonyl (C=O) groups is 2. The average molecular weight is 653 g/mol. The smallest absolute Gasteiger partial charge is 0.251 e. The first-order chi connectivity index (χ1) is 23.0. The van der Waals surface area contributed by atoms with Crippen LogP contribution in [0.15, 0.2) is 85.2 Å². The van der Waals surface area contributed by atoms with Crippen LogP contribution in [-0.4, -0.2) is 57.5 Å². The van der Waals surface area contributed by atoms with E-state index in [0.717, 1.165) is 46.6 Å². The molecule has 3 aromatic carbocycles. The summed E-state index contributed by atoms with van der Waals surface area (Å²) in [6.07, 6.45) is 8.09. The number of amides is 2. The van der Waals surface area contributed by atoms with Crippen molar-refractivity contribution in [2.24, 2.45) is 0 Å². The molecule has 9 nitrogen and oxygen atoms in total. The third-order valence-corrected chi connectivity index (χ3v) is 8.10. The molecular formula is C39H48N4O5. The fourth-order valence-electron chi connectivity index (χ4n) is 5.18. The van der Waals surface area contributed by atoms with Crippen molar-refractivity contribution in [2.75, 3.05) is 13.2 Å². The van der Waals surface area contributed by atoms with Crippen LogP contribution in [-0.2, 0) is 16.6 Å². The van der Waals surface area contributed by atoms with E-state index >= 15 is 0 Å². The molecule has 0 radical (unpaired) electrons. The van der Waals surface area contributed by atoms with E-state index < -0.39 is 24.1 Å². The van der Waals surface area contributed by atoms with Gasteiger partial charge in [-0.3, -0.25) is 9.59 Å². The monoisotopic (exact) mass is 652 g/mol. The van der Waals surface area contributed by atoms with Crippen LogP contribution in [0, 0.1) is 0 Å². The Morgan fingerprint density at radius 3 is 2.02 bits per heavy atom. The summed E-state index contributed by atoms with van der Waals surface area (Å²) < 4.78 is 5.88. The summed E-state index contributed by atoms with van der Waals surface area (Å²) in [5.74, 6) is 0.497. The molecule has 0 spiro atoms. The molecule has 0 aliphatic heterocycles. The van der Waals surface area contributed by atoms with Crippen LogP contribution in [0.3, 0.4) is 0 Å². The largest absolute Gasteiger partial charge is 0.494 e. The molecule has 1 aromatic heterocycles. The van der Waals surface area contributed by atoms with Gasteiger partial charge in [-0.25, -0.2) is 9.97 Å². The van der Waals surface area contributed by atoms with Crippen molar-refractivity contribution in [3.05, 3.63) is 102 Å². The minimum atomic E-state index is -1.70. The first-order valence-corrected chi connectivity index (χ1v) is 16.7. The van der Waals surface area contributed by atoms with Crippen molar-refractivity contribution < 1.29 is 24.5 Å². The molecule has 254 valence electrons. The van der Waals surface area contributed by atoms with Gasteiger partial charge in [-0.1, -0.05) is 102 Å². The molecule has 1 heterocycles. The van der Waals surface area contributed by atoms with Gasteiger partial charge in [-0.15, -0.1) is 0 Å². The molecule has 0 unspecified atom stereocenters. The molecule has 0 aliphatic carbocycles. The number of hydrogen-bond acceptors (Lipinski definition) is 7. The molecule has 4 rings (SSSR count). The fourth-order valence-corrected chi connectivity index (χ4v) is 5.18. The number of nitrogens with one attached hydrogen (secondary N) is 2. The van der Waals surface area contributed by atoms with Crippen molar-refractivity contribution in [3.63, 3.8) is 0 Å². The Hall–Kier alpha value is -4.60. The van der Waals surface area contributed by atoms with Crippen molar-refractivity contribution in [3.8, 4) is 28.3 Å². The third kappa shape index (κ3) is 11.0. The van der Waals surface area contributed by atoms with E-state index in [-0.39, 0.29) is 18.4 Å². The molecule has 0 saturated carbocycles. The Bertz CT molecular complexity index is 1580. The third-order valence-electron chi connectivity index (χ3n) is 8.10. The predicted molar refractivity (Wildman–Crippen MR) is 188 cm³/mol. The van der Waals surface area contributed by atoms with Gasteiger partial charge in [0, 0.05) is 35.5 Å². The van der Waals surface area contributed by atoms with Gasteiger partial charge >= 0.3 is 0 Å². The first-order valence-electron chi connectivity index (χ1n) is 16.7. The van der Waals surface area contributed by atoms with Crippen LogP contribution in [0.2, 0.25) is 0 Å². The second kappa shape index (κ2) is 17.5. The number of carbonyl (C=O) groups excluding carboxylic acids is 2. The zero-order chi connectivity index (χ0) is 34.5. The summed E-state index contributed by atoms with van der Waals surface area (Å²) in [5.41, 5.74) is 4.95. The molecule has 0 saturated heterocycles. The van der Waals surface area contributed by atoms with Crippen molar-refractivity contribution in [1.82, 2.24) is 20.6 Å². The van der Waals surface area contributed by atoms with E-state index in [4.69, 9.17) is 4.74 Å². The van der Waals surface area contributed by atoms with Crippen molar-refractivity contribution in [2.45, 2.75) is 84.0 Å². The topological polar surface area (TPSA) is 134 Å². The van der Waals surface area contributed by atoms with Gasteiger partial charge in [0.25, 0.3) is 5.91 Å². The summed E-state index contributed by atoms with van der Waals surface area (Å²) in [7, 11) is 0. The minimum Gasteiger partial charge on any atom is -0.494 e.